The average Bonchev–Trinajstić information content (AvgIpc) is 2.80. The highest BCUT2D eigenvalue weighted by atomic mass is 32.2. The van der Waals surface area contributed by atoms with Crippen LogP contribution in [-0.4, -0.2) is 57.0 Å². The number of piperidine rings is 2. The zero-order valence-corrected chi connectivity index (χ0v) is 18.8. The lowest BCUT2D eigenvalue weighted by Gasteiger charge is -2.41. The largest absolute Gasteiger partial charge is 0.497 e. The minimum atomic E-state index is -3.54. The van der Waals surface area contributed by atoms with Crippen LogP contribution in [0.4, 0.5) is 0 Å². The van der Waals surface area contributed by atoms with E-state index in [0.717, 1.165) is 48.7 Å². The van der Waals surface area contributed by atoms with Crippen molar-refractivity contribution in [3.63, 3.8) is 0 Å². The number of rotatable bonds is 5. The third kappa shape index (κ3) is 4.41. The molecule has 30 heavy (non-hydrogen) atoms. The minimum absolute atomic E-state index is 0.389. The molecule has 2 aliphatic rings. The number of hydrogen-bond donors (Lipinski definition) is 0. The Morgan fingerprint density at radius 3 is 2.13 bits per heavy atom. The van der Waals surface area contributed by atoms with Crippen LogP contribution < -0.4 is 4.74 Å². The fraction of sp³-hybridized carbons (Fsp3) is 0.500. The number of sulfonamides is 1. The normalized spacial score (nSPS) is 20.3. The van der Waals surface area contributed by atoms with E-state index in [2.05, 4.69) is 11.8 Å². The van der Waals surface area contributed by atoms with Crippen molar-refractivity contribution < 1.29 is 13.2 Å². The molecule has 0 radical (unpaired) electrons. The smallest absolute Gasteiger partial charge is 0.243 e. The molecule has 6 heteroatoms. The third-order valence-electron chi connectivity index (χ3n) is 6.66. The van der Waals surface area contributed by atoms with E-state index in [-0.39, 0.29) is 0 Å². The van der Waals surface area contributed by atoms with Gasteiger partial charge in [-0.3, -0.25) is 0 Å². The average molecular weight is 429 g/mol. The summed E-state index contributed by atoms with van der Waals surface area (Å²) in [4.78, 5) is 2.97. The van der Waals surface area contributed by atoms with Gasteiger partial charge in [0.1, 0.15) is 5.75 Å². The first-order valence-corrected chi connectivity index (χ1v) is 12.4. The maximum atomic E-state index is 13.5. The van der Waals surface area contributed by atoms with E-state index in [1.165, 1.54) is 12.8 Å². The summed E-state index contributed by atoms with van der Waals surface area (Å²) in [7, 11) is -1.91. The van der Waals surface area contributed by atoms with Crippen molar-refractivity contribution in [3.8, 4) is 16.9 Å². The van der Waals surface area contributed by atoms with Gasteiger partial charge in [-0.2, -0.15) is 4.31 Å². The highest BCUT2D eigenvalue weighted by molar-refractivity contribution is 7.89. The topological polar surface area (TPSA) is 49.9 Å². The maximum Gasteiger partial charge on any atom is 0.243 e. The van der Waals surface area contributed by atoms with Crippen molar-refractivity contribution in [2.75, 3.05) is 33.3 Å². The Bertz CT molecular complexity index is 943. The molecule has 162 valence electrons. The first kappa shape index (κ1) is 21.3. The van der Waals surface area contributed by atoms with Crippen LogP contribution in [0.1, 0.15) is 32.6 Å². The van der Waals surface area contributed by atoms with Crippen molar-refractivity contribution in [3.05, 3.63) is 48.5 Å². The molecule has 0 unspecified atom stereocenters. The molecule has 4 rings (SSSR count). The summed E-state index contributed by atoms with van der Waals surface area (Å²) < 4.78 is 33.9. The molecule has 0 bridgehead atoms. The highest BCUT2D eigenvalue weighted by Gasteiger charge is 2.33. The fourth-order valence-corrected chi connectivity index (χ4v) is 6.37. The summed E-state index contributed by atoms with van der Waals surface area (Å²) in [5.74, 6) is 1.57. The van der Waals surface area contributed by atoms with Crippen molar-refractivity contribution in [2.45, 2.75) is 43.5 Å². The second-order valence-corrected chi connectivity index (χ2v) is 10.5. The molecule has 0 spiro atoms. The second kappa shape index (κ2) is 9.08. The summed E-state index contributed by atoms with van der Waals surface area (Å²) in [6.07, 6.45) is 4.35. The number of benzene rings is 2. The van der Waals surface area contributed by atoms with Gasteiger partial charge in [0.05, 0.1) is 12.0 Å². The Morgan fingerprint density at radius 1 is 0.867 bits per heavy atom. The van der Waals surface area contributed by atoms with Crippen LogP contribution in [0.2, 0.25) is 0 Å². The molecule has 0 N–H and O–H groups in total. The first-order chi connectivity index (χ1) is 14.5. The van der Waals surface area contributed by atoms with E-state index < -0.39 is 10.0 Å². The molecule has 2 saturated heterocycles. The molecule has 0 saturated carbocycles. The lowest BCUT2D eigenvalue weighted by atomic mass is 9.95. The Kier molecular flexibility index (Phi) is 6.46. The zero-order valence-electron chi connectivity index (χ0n) is 18.0. The Labute approximate surface area is 180 Å². The van der Waals surface area contributed by atoms with E-state index >= 15 is 0 Å². The van der Waals surface area contributed by atoms with Crippen molar-refractivity contribution in [1.82, 2.24) is 9.21 Å². The SMILES string of the molecule is COc1ccc(-c2ccccc2S(=O)(=O)N2CCC(N3CCC(C)CC3)CC2)cc1. The van der Waals surface area contributed by atoms with E-state index in [0.29, 0.717) is 24.0 Å². The maximum absolute atomic E-state index is 13.5. The zero-order chi connectivity index (χ0) is 21.1. The van der Waals surface area contributed by atoms with E-state index in [9.17, 15) is 8.42 Å². The molecular weight excluding hydrogens is 396 g/mol. The van der Waals surface area contributed by atoms with E-state index in [4.69, 9.17) is 4.74 Å². The monoisotopic (exact) mass is 428 g/mol. The number of likely N-dealkylation sites (tertiary alicyclic amines) is 1. The number of hydrogen-bond acceptors (Lipinski definition) is 4. The van der Waals surface area contributed by atoms with Crippen LogP contribution in [0.3, 0.4) is 0 Å². The highest BCUT2D eigenvalue weighted by Crippen LogP contribution is 2.32. The lowest BCUT2D eigenvalue weighted by Crippen LogP contribution is -2.48. The van der Waals surface area contributed by atoms with Gasteiger partial charge in [0.15, 0.2) is 0 Å². The Balaban J connectivity index is 1.50. The molecule has 2 aliphatic heterocycles. The molecule has 2 aromatic rings. The Morgan fingerprint density at radius 2 is 1.50 bits per heavy atom. The van der Waals surface area contributed by atoms with Gasteiger partial charge >= 0.3 is 0 Å². The van der Waals surface area contributed by atoms with Gasteiger partial charge in [0.25, 0.3) is 0 Å². The summed E-state index contributed by atoms with van der Waals surface area (Å²) >= 11 is 0. The van der Waals surface area contributed by atoms with E-state index in [1.807, 2.05) is 42.5 Å². The van der Waals surface area contributed by atoms with Crippen LogP contribution in [0.15, 0.2) is 53.4 Å². The van der Waals surface area contributed by atoms with Gasteiger partial charge in [0, 0.05) is 24.7 Å². The van der Waals surface area contributed by atoms with Gasteiger partial charge in [-0.1, -0.05) is 37.3 Å². The fourth-order valence-electron chi connectivity index (χ4n) is 4.68. The summed E-state index contributed by atoms with van der Waals surface area (Å²) in [5.41, 5.74) is 1.62. The molecule has 0 amide bonds. The molecule has 0 aliphatic carbocycles. The summed E-state index contributed by atoms with van der Waals surface area (Å²) in [6.45, 7) is 5.82. The third-order valence-corrected chi connectivity index (χ3v) is 8.62. The van der Waals surface area contributed by atoms with Crippen molar-refractivity contribution in [2.24, 2.45) is 5.92 Å². The van der Waals surface area contributed by atoms with Crippen LogP contribution >= 0.6 is 0 Å². The molecule has 5 nitrogen and oxygen atoms in total. The van der Waals surface area contributed by atoms with Crippen LogP contribution in [-0.2, 0) is 10.0 Å². The number of methoxy groups -OCH3 is 1. The molecule has 2 fully saturated rings. The van der Waals surface area contributed by atoms with Crippen molar-refractivity contribution >= 4 is 10.0 Å². The first-order valence-electron chi connectivity index (χ1n) is 11.0. The quantitative estimate of drug-likeness (QED) is 0.715. The van der Waals surface area contributed by atoms with Crippen LogP contribution in [0, 0.1) is 5.92 Å². The predicted octanol–water partition coefficient (Wildman–Crippen LogP) is 4.25. The molecular formula is C24H32N2O3S. The number of nitrogens with zero attached hydrogens (tertiary/aromatic N) is 2. The number of ether oxygens (including phenoxy) is 1. The lowest BCUT2D eigenvalue weighted by molar-refractivity contribution is 0.101. The second-order valence-electron chi connectivity index (χ2n) is 8.58. The standard InChI is InChI=1S/C24H32N2O3S/c1-19-11-15-25(16-12-19)21-13-17-26(18-14-21)30(27,28)24-6-4-3-5-23(24)20-7-9-22(29-2)10-8-20/h3-10,19,21H,11-18H2,1-2H3. The summed E-state index contributed by atoms with van der Waals surface area (Å²) in [5, 5.41) is 0. The van der Waals surface area contributed by atoms with Gasteiger partial charge in [0.2, 0.25) is 10.0 Å². The molecule has 0 aromatic heterocycles. The van der Waals surface area contributed by atoms with Gasteiger partial charge in [-0.25, -0.2) is 8.42 Å². The van der Waals surface area contributed by atoms with Crippen LogP contribution in [0.25, 0.3) is 11.1 Å². The van der Waals surface area contributed by atoms with E-state index in [1.54, 1.807) is 17.5 Å². The van der Waals surface area contributed by atoms with Gasteiger partial charge in [-0.15, -0.1) is 0 Å². The minimum Gasteiger partial charge on any atom is -0.497 e. The predicted molar refractivity (Wildman–Crippen MR) is 120 cm³/mol. The summed E-state index contributed by atoms with van der Waals surface area (Å²) in [6, 6.07) is 15.4. The molecule has 0 atom stereocenters. The van der Waals surface area contributed by atoms with Gasteiger partial charge < -0.3 is 9.64 Å². The van der Waals surface area contributed by atoms with Crippen LogP contribution in [0.5, 0.6) is 5.75 Å². The Hall–Kier alpha value is -1.89. The van der Waals surface area contributed by atoms with Gasteiger partial charge in [-0.05, 0) is 68.5 Å². The van der Waals surface area contributed by atoms with Crippen molar-refractivity contribution in [1.29, 1.82) is 0 Å². The molecule has 2 heterocycles. The molecule has 2 aromatic carbocycles.